The molecule has 178 valence electrons. The number of rotatable bonds is 5. The minimum atomic E-state index is -3.51. The Labute approximate surface area is 196 Å². The van der Waals surface area contributed by atoms with Gasteiger partial charge in [0.1, 0.15) is 15.1 Å². The number of carbonyl (C=O) groups excluding carboxylic acids is 1. The van der Waals surface area contributed by atoms with Crippen LogP contribution >= 0.6 is 0 Å². The Hall–Kier alpha value is -2.23. The van der Waals surface area contributed by atoms with E-state index in [0.717, 1.165) is 17.5 Å². The topological polar surface area (TPSA) is 101 Å². The molecule has 2 heterocycles. The highest BCUT2D eigenvalue weighted by Gasteiger charge is 2.40. The molecule has 2 saturated heterocycles. The zero-order valence-electron chi connectivity index (χ0n) is 18.7. The smallest absolute Gasteiger partial charge is 0.251 e. The molecule has 1 amide bonds. The highest BCUT2D eigenvalue weighted by Crippen LogP contribution is 2.38. The van der Waals surface area contributed by atoms with E-state index in [1.165, 1.54) is 0 Å². The Morgan fingerprint density at radius 1 is 0.909 bits per heavy atom. The van der Waals surface area contributed by atoms with Crippen LogP contribution in [0, 0.1) is 0 Å². The molecule has 9 heteroatoms. The van der Waals surface area contributed by atoms with Crippen molar-refractivity contribution in [3.63, 3.8) is 0 Å². The lowest BCUT2D eigenvalue weighted by molar-refractivity contribution is 0.0934. The lowest BCUT2D eigenvalue weighted by Crippen LogP contribution is -2.44. The van der Waals surface area contributed by atoms with E-state index in [1.54, 1.807) is 28.6 Å². The molecule has 2 aliphatic heterocycles. The number of sulfone groups is 1. The van der Waals surface area contributed by atoms with E-state index in [1.807, 2.05) is 37.3 Å². The first-order valence-corrected chi connectivity index (χ1v) is 14.6. The van der Waals surface area contributed by atoms with Crippen molar-refractivity contribution in [1.29, 1.82) is 0 Å². The van der Waals surface area contributed by atoms with Crippen molar-refractivity contribution in [1.82, 2.24) is 9.62 Å². The van der Waals surface area contributed by atoms with Crippen molar-refractivity contribution < 1.29 is 21.6 Å². The molecule has 2 aliphatic rings. The Kier molecular flexibility index (Phi) is 6.93. The summed E-state index contributed by atoms with van der Waals surface area (Å²) in [7, 11) is -6.49. The van der Waals surface area contributed by atoms with Gasteiger partial charge in [-0.3, -0.25) is 4.79 Å². The third-order valence-corrected chi connectivity index (χ3v) is 10.7. The number of hydrogen-bond acceptors (Lipinski definition) is 5. The van der Waals surface area contributed by atoms with E-state index in [9.17, 15) is 21.6 Å². The molecule has 4 rings (SSSR count). The number of amides is 1. The van der Waals surface area contributed by atoms with Gasteiger partial charge in [-0.15, -0.1) is 0 Å². The fraction of sp³-hybridized carbons (Fsp3) is 0.458. The van der Waals surface area contributed by atoms with Crippen LogP contribution in [-0.2, 0) is 26.4 Å². The summed E-state index contributed by atoms with van der Waals surface area (Å²) >= 11 is 0. The third kappa shape index (κ3) is 5.47. The minimum absolute atomic E-state index is 0.0967. The Morgan fingerprint density at radius 3 is 2.18 bits per heavy atom. The monoisotopic (exact) mass is 490 g/mol. The maximum atomic E-state index is 13.4. The van der Waals surface area contributed by atoms with E-state index in [4.69, 9.17) is 0 Å². The fourth-order valence-corrected chi connectivity index (χ4v) is 8.29. The third-order valence-electron chi connectivity index (χ3n) is 6.64. The molecular formula is C24H30N2O5S2. The molecule has 0 spiro atoms. The summed E-state index contributed by atoms with van der Waals surface area (Å²) in [5.41, 5.74) is 2.11. The van der Waals surface area contributed by atoms with Gasteiger partial charge in [0.25, 0.3) is 5.91 Å². The summed E-state index contributed by atoms with van der Waals surface area (Å²) in [5.74, 6) is -0.0406. The normalized spacial score (nSPS) is 25.4. The Morgan fingerprint density at radius 2 is 1.55 bits per heavy atom. The average molecular weight is 491 g/mol. The summed E-state index contributed by atoms with van der Waals surface area (Å²) in [6.07, 6.45) is 2.25. The van der Waals surface area contributed by atoms with E-state index in [0.29, 0.717) is 24.8 Å². The number of nitrogens with one attached hydrogen (secondary N) is 1. The standard InChI is InChI=1S/C24H30N2O5S2/c1-18-7-12-23(20-5-3-2-4-6-20)33(30,31)26(18)17-19-8-10-21(11-9-19)24(27)25-22-13-15-32(28,29)16-14-22/h2-6,8-11,18,22-23H,7,12-17H2,1H3,(H,25,27)/t18-,23?/m0/s1. The van der Waals surface area contributed by atoms with Crippen molar-refractivity contribution in [3.8, 4) is 0 Å². The zero-order chi connectivity index (χ0) is 23.6. The Balaban J connectivity index is 1.43. The van der Waals surface area contributed by atoms with Crippen LogP contribution in [0.5, 0.6) is 0 Å². The van der Waals surface area contributed by atoms with Crippen molar-refractivity contribution in [2.45, 2.75) is 56.5 Å². The number of benzene rings is 2. The molecule has 2 aromatic carbocycles. The second-order valence-electron chi connectivity index (χ2n) is 9.01. The van der Waals surface area contributed by atoms with Gasteiger partial charge in [0.15, 0.2) is 0 Å². The average Bonchev–Trinajstić information content (AvgIpc) is 2.79. The first kappa shape index (κ1) is 23.9. The van der Waals surface area contributed by atoms with Crippen molar-refractivity contribution >= 4 is 25.8 Å². The molecule has 1 N–H and O–H groups in total. The summed E-state index contributed by atoms with van der Waals surface area (Å²) in [6.45, 7) is 2.19. The first-order chi connectivity index (χ1) is 15.7. The van der Waals surface area contributed by atoms with Crippen molar-refractivity contribution in [3.05, 3.63) is 71.3 Å². The number of nitrogens with zero attached hydrogens (tertiary/aromatic N) is 1. The number of sulfonamides is 1. The molecule has 1 unspecified atom stereocenters. The molecule has 0 bridgehead atoms. The summed E-state index contributed by atoms with van der Waals surface area (Å²) in [5, 5.41) is 2.37. The Bertz CT molecular complexity index is 1180. The van der Waals surface area contributed by atoms with Crippen LogP contribution in [0.4, 0.5) is 0 Å². The predicted octanol–water partition coefficient (Wildman–Crippen LogP) is 3.05. The summed E-state index contributed by atoms with van der Waals surface area (Å²) in [4.78, 5) is 12.6. The van der Waals surface area contributed by atoms with Gasteiger partial charge in [0, 0.05) is 24.2 Å². The van der Waals surface area contributed by atoms with Gasteiger partial charge < -0.3 is 5.32 Å². The van der Waals surface area contributed by atoms with Gasteiger partial charge in [0.2, 0.25) is 10.0 Å². The molecule has 0 saturated carbocycles. The van der Waals surface area contributed by atoms with Crippen molar-refractivity contribution in [2.24, 2.45) is 0 Å². The van der Waals surface area contributed by atoms with Crippen LogP contribution in [0.15, 0.2) is 54.6 Å². The highest BCUT2D eigenvalue weighted by atomic mass is 32.2. The molecule has 2 aromatic rings. The van der Waals surface area contributed by atoms with Gasteiger partial charge in [0.05, 0.1) is 11.5 Å². The van der Waals surface area contributed by atoms with Gasteiger partial charge in [-0.25, -0.2) is 16.8 Å². The molecule has 7 nitrogen and oxygen atoms in total. The lowest BCUT2D eigenvalue weighted by Gasteiger charge is -2.37. The summed E-state index contributed by atoms with van der Waals surface area (Å²) in [6, 6.07) is 16.1. The van der Waals surface area contributed by atoms with Gasteiger partial charge >= 0.3 is 0 Å². The molecule has 33 heavy (non-hydrogen) atoms. The maximum absolute atomic E-state index is 13.4. The molecular weight excluding hydrogens is 460 g/mol. The van der Waals surface area contributed by atoms with Gasteiger partial charge in [-0.1, -0.05) is 42.5 Å². The van der Waals surface area contributed by atoms with Crippen LogP contribution in [0.25, 0.3) is 0 Å². The van der Waals surface area contributed by atoms with Crippen LogP contribution in [0.2, 0.25) is 0 Å². The van der Waals surface area contributed by atoms with Crippen LogP contribution in [0.3, 0.4) is 0 Å². The highest BCUT2D eigenvalue weighted by molar-refractivity contribution is 7.91. The van der Waals surface area contributed by atoms with Gasteiger partial charge in [-0.2, -0.15) is 4.31 Å². The predicted molar refractivity (Wildman–Crippen MR) is 128 cm³/mol. The maximum Gasteiger partial charge on any atom is 0.251 e. The van der Waals surface area contributed by atoms with E-state index in [-0.39, 0.29) is 36.0 Å². The zero-order valence-corrected chi connectivity index (χ0v) is 20.3. The van der Waals surface area contributed by atoms with Crippen LogP contribution in [0.1, 0.15) is 59.3 Å². The quantitative estimate of drug-likeness (QED) is 0.694. The molecule has 0 aliphatic carbocycles. The number of carbonyl (C=O) groups is 1. The second-order valence-corrected chi connectivity index (χ2v) is 13.4. The van der Waals surface area contributed by atoms with E-state index >= 15 is 0 Å². The molecule has 0 aromatic heterocycles. The molecule has 0 radical (unpaired) electrons. The minimum Gasteiger partial charge on any atom is -0.349 e. The lowest BCUT2D eigenvalue weighted by atomic mass is 10.0. The van der Waals surface area contributed by atoms with Crippen molar-refractivity contribution in [2.75, 3.05) is 11.5 Å². The van der Waals surface area contributed by atoms with Crippen LogP contribution in [-0.4, -0.2) is 50.6 Å². The van der Waals surface area contributed by atoms with Gasteiger partial charge in [-0.05, 0) is 55.9 Å². The first-order valence-electron chi connectivity index (χ1n) is 11.3. The van der Waals surface area contributed by atoms with Crippen LogP contribution < -0.4 is 5.32 Å². The molecule has 2 atom stereocenters. The number of hydrogen-bond donors (Lipinski definition) is 1. The summed E-state index contributed by atoms with van der Waals surface area (Å²) < 4.78 is 51.5. The van der Waals surface area contributed by atoms with E-state index < -0.39 is 25.1 Å². The fourth-order valence-electron chi connectivity index (χ4n) is 4.60. The largest absolute Gasteiger partial charge is 0.349 e. The second kappa shape index (κ2) is 9.56. The molecule has 2 fully saturated rings. The van der Waals surface area contributed by atoms with E-state index in [2.05, 4.69) is 5.32 Å². The SMILES string of the molecule is C[C@H]1CCC(c2ccccc2)S(=O)(=O)N1Cc1ccc(C(=O)NC2CCS(=O)(=O)CC2)cc1.